The second kappa shape index (κ2) is 17.4. The standard InChI is InChI=1S/C42H56N8O5/c1-4-5-10-38(51)55-28-50-39-29(2)23-30(24-33(39)27-43-50)25-37(41(53)48-21-19-47(20-22-48)34-13-15-46(3)16-14-34)45-42(54)49-17-11-31(12-18-49)35-26-32-8-6-7-9-36(32)44-40(35)52/h6-9,23-24,26-27,31,34,37H,4-5,10-22,25,28H2,1-3H3,(H,44,52)(H,45,54). The second-order valence-corrected chi connectivity index (χ2v) is 15.7. The molecule has 294 valence electrons. The zero-order valence-corrected chi connectivity index (χ0v) is 32.6. The van der Waals surface area contributed by atoms with Crippen molar-refractivity contribution in [1.82, 2.24) is 39.7 Å². The molecule has 2 aromatic heterocycles. The number of piperidine rings is 2. The van der Waals surface area contributed by atoms with Crippen LogP contribution in [0.1, 0.15) is 74.5 Å². The Morgan fingerprint density at radius 1 is 0.927 bits per heavy atom. The summed E-state index contributed by atoms with van der Waals surface area (Å²) < 4.78 is 7.18. The van der Waals surface area contributed by atoms with E-state index in [1.54, 1.807) is 15.8 Å². The van der Waals surface area contributed by atoms with Gasteiger partial charge in [-0.2, -0.15) is 5.10 Å². The monoisotopic (exact) mass is 752 g/mol. The van der Waals surface area contributed by atoms with Crippen molar-refractivity contribution < 1.29 is 19.1 Å². The van der Waals surface area contributed by atoms with Crippen LogP contribution in [0, 0.1) is 6.92 Å². The normalized spacial score (nSPS) is 18.5. The Morgan fingerprint density at radius 3 is 2.42 bits per heavy atom. The summed E-state index contributed by atoms with van der Waals surface area (Å²) in [6.45, 7) is 10.2. The van der Waals surface area contributed by atoms with Crippen LogP contribution in [0.5, 0.6) is 0 Å². The van der Waals surface area contributed by atoms with Crippen molar-refractivity contribution in [2.75, 3.05) is 59.4 Å². The number of carbonyl (C=O) groups excluding carboxylic acids is 3. The third-order valence-corrected chi connectivity index (χ3v) is 11.9. The number of carbonyl (C=O) groups is 3. The number of amides is 3. The number of unbranched alkanes of at least 4 members (excludes halogenated alkanes) is 1. The fourth-order valence-corrected chi connectivity index (χ4v) is 8.69. The molecule has 3 aliphatic rings. The molecule has 3 saturated heterocycles. The molecule has 1 atom stereocenters. The van der Waals surface area contributed by atoms with Gasteiger partial charge in [-0.15, -0.1) is 0 Å². The Hall–Kier alpha value is -4.75. The molecule has 13 heteroatoms. The van der Waals surface area contributed by atoms with E-state index < -0.39 is 6.04 Å². The number of rotatable bonds is 11. The molecule has 0 saturated carbocycles. The number of pyridine rings is 1. The molecule has 0 bridgehead atoms. The molecule has 4 aromatic rings. The van der Waals surface area contributed by atoms with E-state index in [2.05, 4.69) is 32.2 Å². The van der Waals surface area contributed by atoms with Gasteiger partial charge in [-0.3, -0.25) is 19.3 Å². The van der Waals surface area contributed by atoms with Gasteiger partial charge < -0.3 is 29.7 Å². The van der Waals surface area contributed by atoms with Gasteiger partial charge in [-0.25, -0.2) is 9.48 Å². The van der Waals surface area contributed by atoms with Gasteiger partial charge in [0.05, 0.1) is 11.7 Å². The minimum atomic E-state index is -0.755. The fraction of sp³-hybridized carbons (Fsp3) is 0.548. The Bertz CT molecular complexity index is 2040. The van der Waals surface area contributed by atoms with Gasteiger partial charge >= 0.3 is 12.0 Å². The highest BCUT2D eigenvalue weighted by molar-refractivity contribution is 5.88. The number of aryl methyl sites for hydroxylation is 1. The van der Waals surface area contributed by atoms with Crippen LogP contribution >= 0.6 is 0 Å². The number of fused-ring (bicyclic) bond motifs is 2. The summed E-state index contributed by atoms with van der Waals surface area (Å²) in [4.78, 5) is 65.1. The second-order valence-electron chi connectivity index (χ2n) is 15.7. The first-order valence-electron chi connectivity index (χ1n) is 20.2. The van der Waals surface area contributed by atoms with E-state index in [4.69, 9.17) is 4.74 Å². The molecule has 0 spiro atoms. The van der Waals surface area contributed by atoms with Gasteiger partial charge in [-0.05, 0) is 99.8 Å². The number of aromatic nitrogens is 3. The zero-order chi connectivity index (χ0) is 38.5. The van der Waals surface area contributed by atoms with Crippen molar-refractivity contribution in [3.63, 3.8) is 0 Å². The number of urea groups is 1. The number of aromatic amines is 1. The van der Waals surface area contributed by atoms with Crippen LogP contribution in [-0.4, -0.2) is 124 Å². The van der Waals surface area contributed by atoms with Crippen LogP contribution in [0.4, 0.5) is 4.79 Å². The molecule has 13 nitrogen and oxygen atoms in total. The van der Waals surface area contributed by atoms with Gasteiger partial charge in [0.1, 0.15) is 6.04 Å². The molecule has 3 fully saturated rings. The van der Waals surface area contributed by atoms with E-state index >= 15 is 0 Å². The van der Waals surface area contributed by atoms with Crippen molar-refractivity contribution in [1.29, 1.82) is 0 Å². The Balaban J connectivity index is 1.04. The Morgan fingerprint density at radius 2 is 1.67 bits per heavy atom. The number of hydrogen-bond donors (Lipinski definition) is 2. The van der Waals surface area contributed by atoms with Crippen LogP contribution in [0.25, 0.3) is 21.8 Å². The first kappa shape index (κ1) is 38.5. The summed E-state index contributed by atoms with van der Waals surface area (Å²) in [6.07, 6.45) is 7.81. The summed E-state index contributed by atoms with van der Waals surface area (Å²) in [5.74, 6) is -0.261. The van der Waals surface area contributed by atoms with E-state index in [0.717, 1.165) is 90.4 Å². The number of para-hydroxylation sites is 1. The number of nitrogens with one attached hydrogen (secondary N) is 2. The molecule has 3 aliphatic heterocycles. The number of nitrogens with zero attached hydrogens (tertiary/aromatic N) is 6. The topological polar surface area (TPSA) is 136 Å². The SMILES string of the molecule is CCCCC(=O)OCn1ncc2cc(CC(NC(=O)N3CCC(c4cc5ccccc5[nH]c4=O)CC3)C(=O)N3CCN(C4CCN(C)CC4)CC3)cc(C)c21. The molecule has 3 amide bonds. The molecule has 2 N–H and O–H groups in total. The molecule has 7 rings (SSSR count). The fourth-order valence-electron chi connectivity index (χ4n) is 8.69. The summed E-state index contributed by atoms with van der Waals surface area (Å²) >= 11 is 0. The van der Waals surface area contributed by atoms with Crippen molar-refractivity contribution in [2.24, 2.45) is 0 Å². The Kier molecular flexibility index (Phi) is 12.2. The summed E-state index contributed by atoms with van der Waals surface area (Å²) in [7, 11) is 2.17. The first-order valence-corrected chi connectivity index (χ1v) is 20.2. The largest absolute Gasteiger partial charge is 0.442 e. The third kappa shape index (κ3) is 9.05. The molecule has 0 aliphatic carbocycles. The van der Waals surface area contributed by atoms with Gasteiger partial charge in [0.15, 0.2) is 6.73 Å². The smallest absolute Gasteiger partial charge is 0.318 e. The van der Waals surface area contributed by atoms with E-state index in [1.807, 2.05) is 61.2 Å². The molecular formula is C42H56N8O5. The molecule has 5 heterocycles. The lowest BCUT2D eigenvalue weighted by Crippen LogP contribution is -2.59. The minimum absolute atomic E-state index is 0.0406. The lowest BCUT2D eigenvalue weighted by Gasteiger charge is -2.43. The van der Waals surface area contributed by atoms with E-state index in [1.165, 1.54) is 0 Å². The predicted octanol–water partition coefficient (Wildman–Crippen LogP) is 4.62. The number of hydrogen-bond acceptors (Lipinski definition) is 8. The maximum Gasteiger partial charge on any atom is 0.318 e. The van der Waals surface area contributed by atoms with Crippen molar-refractivity contribution in [2.45, 2.75) is 89.9 Å². The summed E-state index contributed by atoms with van der Waals surface area (Å²) in [5, 5.41) is 9.54. The molecular weight excluding hydrogens is 697 g/mol. The van der Waals surface area contributed by atoms with Crippen LogP contribution < -0.4 is 10.9 Å². The van der Waals surface area contributed by atoms with Crippen LogP contribution in [0.3, 0.4) is 0 Å². The van der Waals surface area contributed by atoms with Gasteiger partial charge in [-0.1, -0.05) is 37.6 Å². The number of likely N-dealkylation sites (tertiary alicyclic amines) is 2. The number of benzene rings is 2. The van der Waals surface area contributed by atoms with Gasteiger partial charge in [0, 0.05) is 74.6 Å². The molecule has 2 aromatic carbocycles. The lowest BCUT2D eigenvalue weighted by atomic mass is 9.89. The number of piperazine rings is 1. The third-order valence-electron chi connectivity index (χ3n) is 11.9. The Labute approximate surface area is 322 Å². The quantitative estimate of drug-likeness (QED) is 0.212. The summed E-state index contributed by atoms with van der Waals surface area (Å²) in [6, 6.07) is 13.4. The molecule has 55 heavy (non-hydrogen) atoms. The van der Waals surface area contributed by atoms with Crippen molar-refractivity contribution >= 4 is 39.7 Å². The highest BCUT2D eigenvalue weighted by atomic mass is 16.5. The summed E-state index contributed by atoms with van der Waals surface area (Å²) in [5.41, 5.74) is 4.24. The molecule has 1 unspecified atom stereocenters. The van der Waals surface area contributed by atoms with Crippen molar-refractivity contribution in [3.05, 3.63) is 75.7 Å². The first-order chi connectivity index (χ1) is 26.7. The van der Waals surface area contributed by atoms with Crippen LogP contribution in [0.15, 0.2) is 53.5 Å². The van der Waals surface area contributed by atoms with Gasteiger partial charge in [0.25, 0.3) is 5.56 Å². The number of ether oxygens (including phenoxy) is 1. The van der Waals surface area contributed by atoms with Crippen molar-refractivity contribution in [3.8, 4) is 0 Å². The van der Waals surface area contributed by atoms with Crippen LogP contribution in [-0.2, 0) is 27.5 Å². The number of esters is 1. The average molecular weight is 753 g/mol. The highest BCUT2D eigenvalue weighted by Gasteiger charge is 2.34. The minimum Gasteiger partial charge on any atom is -0.442 e. The highest BCUT2D eigenvalue weighted by Crippen LogP contribution is 2.28. The number of H-pyrrole nitrogens is 1. The van der Waals surface area contributed by atoms with E-state index in [9.17, 15) is 19.2 Å². The molecule has 0 radical (unpaired) electrons. The lowest BCUT2D eigenvalue weighted by molar-refractivity contribution is -0.147. The predicted molar refractivity (Wildman–Crippen MR) is 213 cm³/mol. The van der Waals surface area contributed by atoms with E-state index in [0.29, 0.717) is 57.9 Å². The van der Waals surface area contributed by atoms with Crippen LogP contribution in [0.2, 0.25) is 0 Å². The maximum absolute atomic E-state index is 14.4. The van der Waals surface area contributed by atoms with E-state index in [-0.39, 0.29) is 36.1 Å². The van der Waals surface area contributed by atoms with Gasteiger partial charge in [0.2, 0.25) is 5.91 Å². The zero-order valence-electron chi connectivity index (χ0n) is 32.6. The maximum atomic E-state index is 14.4. The average Bonchev–Trinajstić information content (AvgIpc) is 3.62.